The first-order valence-electron chi connectivity index (χ1n) is 6.30. The Morgan fingerprint density at radius 1 is 1.38 bits per heavy atom. The third kappa shape index (κ3) is 2.12. The molecular formula is C12H21N3O. The summed E-state index contributed by atoms with van der Waals surface area (Å²) in [5.41, 5.74) is 5.81. The van der Waals surface area contributed by atoms with Gasteiger partial charge in [0, 0.05) is 6.42 Å². The van der Waals surface area contributed by atoms with Crippen LogP contribution in [0.4, 0.5) is 0 Å². The first kappa shape index (κ1) is 11.6. The molecule has 1 fully saturated rings. The van der Waals surface area contributed by atoms with Gasteiger partial charge >= 0.3 is 0 Å². The molecule has 0 bridgehead atoms. The van der Waals surface area contributed by atoms with E-state index >= 15 is 0 Å². The predicted molar refractivity (Wildman–Crippen MR) is 61.8 cm³/mol. The molecule has 0 spiro atoms. The molecule has 16 heavy (non-hydrogen) atoms. The van der Waals surface area contributed by atoms with Crippen LogP contribution in [-0.4, -0.2) is 10.1 Å². The first-order chi connectivity index (χ1) is 7.68. The third-order valence-electron chi connectivity index (χ3n) is 3.86. The number of nitrogens with zero attached hydrogens (tertiary/aromatic N) is 2. The Balaban J connectivity index is 2.05. The summed E-state index contributed by atoms with van der Waals surface area (Å²) in [6.07, 6.45) is 6.55. The van der Waals surface area contributed by atoms with Gasteiger partial charge in [-0.1, -0.05) is 25.4 Å². The molecule has 4 heteroatoms. The second-order valence-electron chi connectivity index (χ2n) is 4.88. The van der Waals surface area contributed by atoms with Crippen molar-refractivity contribution in [3.63, 3.8) is 0 Å². The summed E-state index contributed by atoms with van der Waals surface area (Å²) < 4.78 is 5.28. The zero-order valence-corrected chi connectivity index (χ0v) is 10.2. The molecule has 0 unspecified atom stereocenters. The van der Waals surface area contributed by atoms with Crippen molar-refractivity contribution >= 4 is 0 Å². The Hall–Kier alpha value is -0.900. The Bertz CT molecular complexity index is 340. The van der Waals surface area contributed by atoms with Crippen molar-refractivity contribution in [2.45, 2.75) is 57.9 Å². The van der Waals surface area contributed by atoms with Crippen LogP contribution in [0, 0.1) is 5.92 Å². The third-order valence-corrected chi connectivity index (χ3v) is 3.86. The average Bonchev–Trinajstić information content (AvgIpc) is 2.71. The Kier molecular flexibility index (Phi) is 3.28. The maximum absolute atomic E-state index is 6.22. The van der Waals surface area contributed by atoms with Crippen molar-refractivity contribution < 1.29 is 4.52 Å². The summed E-state index contributed by atoms with van der Waals surface area (Å²) in [5.74, 6) is 2.19. The summed E-state index contributed by atoms with van der Waals surface area (Å²) in [6.45, 7) is 4.12. The molecule has 2 N–H and O–H groups in total. The largest absolute Gasteiger partial charge is 0.339 e. The van der Waals surface area contributed by atoms with Gasteiger partial charge in [0.25, 0.3) is 0 Å². The van der Waals surface area contributed by atoms with Crippen LogP contribution in [0.25, 0.3) is 0 Å². The zero-order chi connectivity index (χ0) is 11.6. The van der Waals surface area contributed by atoms with Crippen LogP contribution >= 0.6 is 0 Å². The van der Waals surface area contributed by atoms with E-state index in [2.05, 4.69) is 24.0 Å². The van der Waals surface area contributed by atoms with E-state index in [0.29, 0.717) is 5.82 Å². The van der Waals surface area contributed by atoms with E-state index in [0.717, 1.165) is 31.1 Å². The minimum Gasteiger partial charge on any atom is -0.339 e. The summed E-state index contributed by atoms with van der Waals surface area (Å²) >= 11 is 0. The van der Waals surface area contributed by atoms with Crippen LogP contribution in [0.15, 0.2) is 4.52 Å². The molecule has 0 radical (unpaired) electrons. The summed E-state index contributed by atoms with van der Waals surface area (Å²) in [6, 6.07) is 0. The predicted octanol–water partition coefficient (Wildman–Crippen LogP) is 2.39. The monoisotopic (exact) mass is 223 g/mol. The van der Waals surface area contributed by atoms with E-state index in [-0.39, 0.29) is 0 Å². The van der Waals surface area contributed by atoms with Gasteiger partial charge in [-0.15, -0.1) is 0 Å². The summed E-state index contributed by atoms with van der Waals surface area (Å²) in [4.78, 5) is 4.44. The smallest absolute Gasteiger partial charge is 0.226 e. The standard InChI is InChI=1S/C12H21N3O/c1-3-12(13,4-2)11-14-10(16-15-11)8-9-6-5-7-9/h9H,3-8,13H2,1-2H3. The Morgan fingerprint density at radius 2 is 2.06 bits per heavy atom. The molecule has 0 saturated heterocycles. The van der Waals surface area contributed by atoms with Crippen molar-refractivity contribution in [3.05, 3.63) is 11.7 Å². The van der Waals surface area contributed by atoms with E-state index in [1.54, 1.807) is 0 Å². The van der Waals surface area contributed by atoms with Gasteiger partial charge in [-0.2, -0.15) is 4.98 Å². The highest BCUT2D eigenvalue weighted by molar-refractivity contribution is 5.03. The van der Waals surface area contributed by atoms with Crippen molar-refractivity contribution in [3.8, 4) is 0 Å². The maximum atomic E-state index is 6.22. The Labute approximate surface area is 96.6 Å². The maximum Gasteiger partial charge on any atom is 0.226 e. The number of aromatic nitrogens is 2. The zero-order valence-electron chi connectivity index (χ0n) is 10.2. The van der Waals surface area contributed by atoms with Gasteiger partial charge in [-0.05, 0) is 31.6 Å². The Morgan fingerprint density at radius 3 is 2.56 bits per heavy atom. The van der Waals surface area contributed by atoms with Gasteiger partial charge in [0.15, 0.2) is 5.82 Å². The normalized spacial score (nSPS) is 17.4. The molecule has 4 nitrogen and oxygen atoms in total. The molecule has 0 amide bonds. The SMILES string of the molecule is CCC(N)(CC)c1noc(CC2CCC2)n1. The molecular weight excluding hydrogens is 202 g/mol. The van der Waals surface area contributed by atoms with Gasteiger partial charge in [-0.25, -0.2) is 0 Å². The van der Waals surface area contributed by atoms with E-state index in [1.165, 1.54) is 19.3 Å². The van der Waals surface area contributed by atoms with Crippen LogP contribution in [0.1, 0.15) is 57.7 Å². The van der Waals surface area contributed by atoms with Crippen LogP contribution < -0.4 is 5.73 Å². The minimum atomic E-state index is -0.415. The van der Waals surface area contributed by atoms with E-state index < -0.39 is 5.54 Å². The van der Waals surface area contributed by atoms with E-state index in [1.807, 2.05) is 0 Å². The van der Waals surface area contributed by atoms with Crippen molar-refractivity contribution in [1.29, 1.82) is 0 Å². The average molecular weight is 223 g/mol. The first-order valence-corrected chi connectivity index (χ1v) is 6.30. The lowest BCUT2D eigenvalue weighted by molar-refractivity contribution is 0.271. The van der Waals surface area contributed by atoms with E-state index in [9.17, 15) is 0 Å². The van der Waals surface area contributed by atoms with Gasteiger partial charge < -0.3 is 10.3 Å². The number of hydrogen-bond acceptors (Lipinski definition) is 4. The fraction of sp³-hybridized carbons (Fsp3) is 0.833. The molecule has 90 valence electrons. The lowest BCUT2D eigenvalue weighted by Gasteiger charge is -2.23. The van der Waals surface area contributed by atoms with Gasteiger partial charge in [0.1, 0.15) is 0 Å². The van der Waals surface area contributed by atoms with Gasteiger partial charge in [-0.3, -0.25) is 0 Å². The summed E-state index contributed by atoms with van der Waals surface area (Å²) in [7, 11) is 0. The second kappa shape index (κ2) is 4.53. The molecule has 0 aliphatic heterocycles. The van der Waals surface area contributed by atoms with Crippen molar-refractivity contribution in [2.24, 2.45) is 11.7 Å². The van der Waals surface area contributed by atoms with Gasteiger partial charge in [0.05, 0.1) is 5.54 Å². The van der Waals surface area contributed by atoms with Crippen LogP contribution in [0.3, 0.4) is 0 Å². The number of rotatable bonds is 5. The van der Waals surface area contributed by atoms with Crippen LogP contribution in [0.5, 0.6) is 0 Å². The van der Waals surface area contributed by atoms with Gasteiger partial charge in [0.2, 0.25) is 5.89 Å². The fourth-order valence-corrected chi connectivity index (χ4v) is 2.05. The second-order valence-corrected chi connectivity index (χ2v) is 4.88. The molecule has 1 aromatic heterocycles. The molecule has 1 aliphatic rings. The van der Waals surface area contributed by atoms with Crippen LogP contribution in [-0.2, 0) is 12.0 Å². The molecule has 1 aliphatic carbocycles. The van der Waals surface area contributed by atoms with Crippen molar-refractivity contribution in [1.82, 2.24) is 10.1 Å². The quantitative estimate of drug-likeness (QED) is 0.832. The molecule has 1 saturated carbocycles. The highest BCUT2D eigenvalue weighted by atomic mass is 16.5. The van der Waals surface area contributed by atoms with Crippen molar-refractivity contribution in [2.75, 3.05) is 0 Å². The topological polar surface area (TPSA) is 64.9 Å². The number of hydrogen-bond donors (Lipinski definition) is 1. The molecule has 1 aromatic rings. The number of nitrogens with two attached hydrogens (primary N) is 1. The molecule has 1 heterocycles. The fourth-order valence-electron chi connectivity index (χ4n) is 2.05. The molecule has 2 rings (SSSR count). The highest BCUT2D eigenvalue weighted by Gasteiger charge is 2.29. The van der Waals surface area contributed by atoms with E-state index in [4.69, 9.17) is 10.3 Å². The molecule has 0 aromatic carbocycles. The minimum absolute atomic E-state index is 0.415. The summed E-state index contributed by atoms with van der Waals surface area (Å²) in [5, 5.41) is 4.03. The lowest BCUT2D eigenvalue weighted by atomic mass is 9.83. The van der Waals surface area contributed by atoms with Crippen LogP contribution in [0.2, 0.25) is 0 Å². The molecule has 0 atom stereocenters. The highest BCUT2D eigenvalue weighted by Crippen LogP contribution is 2.30. The lowest BCUT2D eigenvalue weighted by Crippen LogP contribution is -2.36.